The highest BCUT2D eigenvalue weighted by Crippen LogP contribution is 2.06. The predicted molar refractivity (Wildman–Crippen MR) is 59.7 cm³/mol. The van der Waals surface area contributed by atoms with E-state index in [2.05, 4.69) is 15.3 Å². The second-order valence-electron chi connectivity index (χ2n) is 3.42. The molecular formula is C10H18N4O. The summed E-state index contributed by atoms with van der Waals surface area (Å²) in [6, 6.07) is 2.11. The minimum absolute atomic E-state index is 0.203. The van der Waals surface area contributed by atoms with Crippen LogP contribution in [0.15, 0.2) is 12.4 Å². The smallest absolute Gasteiger partial charge is 0.129 e. The lowest BCUT2D eigenvalue weighted by molar-refractivity contribution is 0.183. The van der Waals surface area contributed by atoms with Gasteiger partial charge in [-0.2, -0.15) is 0 Å². The number of nitrogens with one attached hydrogen (secondary N) is 1. The van der Waals surface area contributed by atoms with Crippen LogP contribution in [-0.2, 0) is 4.74 Å². The van der Waals surface area contributed by atoms with Gasteiger partial charge in [0.15, 0.2) is 0 Å². The van der Waals surface area contributed by atoms with Gasteiger partial charge >= 0.3 is 0 Å². The fraction of sp³-hybridized carbons (Fsp3) is 0.600. The van der Waals surface area contributed by atoms with Gasteiger partial charge in [0.05, 0.1) is 12.6 Å². The van der Waals surface area contributed by atoms with Crippen LogP contribution in [0.1, 0.15) is 12.1 Å². The van der Waals surface area contributed by atoms with Crippen LogP contribution in [0.25, 0.3) is 0 Å². The van der Waals surface area contributed by atoms with Crippen molar-refractivity contribution in [3.8, 4) is 0 Å². The number of rotatable bonds is 6. The number of methoxy groups -OCH3 is 1. The number of aryl methyl sites for hydroxylation is 1. The molecule has 0 spiro atoms. The van der Waals surface area contributed by atoms with Crippen LogP contribution in [0.2, 0.25) is 0 Å². The van der Waals surface area contributed by atoms with Gasteiger partial charge in [-0.15, -0.1) is 0 Å². The van der Waals surface area contributed by atoms with Crippen molar-refractivity contribution in [1.82, 2.24) is 9.97 Å². The van der Waals surface area contributed by atoms with Gasteiger partial charge < -0.3 is 15.8 Å². The second-order valence-corrected chi connectivity index (χ2v) is 3.42. The van der Waals surface area contributed by atoms with E-state index in [-0.39, 0.29) is 6.04 Å². The van der Waals surface area contributed by atoms with Crippen molar-refractivity contribution in [1.29, 1.82) is 0 Å². The molecule has 5 nitrogen and oxygen atoms in total. The van der Waals surface area contributed by atoms with Gasteiger partial charge in [0, 0.05) is 18.9 Å². The van der Waals surface area contributed by atoms with E-state index in [4.69, 9.17) is 10.5 Å². The summed E-state index contributed by atoms with van der Waals surface area (Å²) in [6.45, 7) is 3.19. The maximum Gasteiger partial charge on any atom is 0.129 e. The third-order valence-electron chi connectivity index (χ3n) is 2.04. The normalized spacial score (nSPS) is 12.5. The Hall–Kier alpha value is -1.20. The fourth-order valence-electron chi connectivity index (χ4n) is 1.34. The van der Waals surface area contributed by atoms with Crippen LogP contribution in [0.4, 0.5) is 5.82 Å². The van der Waals surface area contributed by atoms with E-state index in [1.807, 2.05) is 13.0 Å². The van der Waals surface area contributed by atoms with Crippen molar-refractivity contribution in [2.24, 2.45) is 5.73 Å². The van der Waals surface area contributed by atoms with E-state index in [9.17, 15) is 0 Å². The molecule has 0 amide bonds. The molecule has 84 valence electrons. The molecule has 5 heteroatoms. The lowest BCUT2D eigenvalue weighted by atomic mass is 10.2. The summed E-state index contributed by atoms with van der Waals surface area (Å²) in [4.78, 5) is 8.16. The van der Waals surface area contributed by atoms with Crippen LogP contribution in [0.3, 0.4) is 0 Å². The topological polar surface area (TPSA) is 73.1 Å². The molecule has 0 aliphatic rings. The predicted octanol–water partition coefficient (Wildman–Crippen LogP) is 0.561. The monoisotopic (exact) mass is 210 g/mol. The summed E-state index contributed by atoms with van der Waals surface area (Å²) in [5.41, 5.74) is 6.46. The third-order valence-corrected chi connectivity index (χ3v) is 2.04. The fourth-order valence-corrected chi connectivity index (χ4v) is 1.34. The molecule has 0 bridgehead atoms. The summed E-state index contributed by atoms with van der Waals surface area (Å²) >= 11 is 0. The van der Waals surface area contributed by atoms with E-state index in [1.54, 1.807) is 13.4 Å². The second kappa shape index (κ2) is 6.31. The van der Waals surface area contributed by atoms with Crippen LogP contribution in [-0.4, -0.2) is 36.3 Å². The van der Waals surface area contributed by atoms with Crippen LogP contribution < -0.4 is 11.1 Å². The van der Waals surface area contributed by atoms with Crippen LogP contribution in [0.5, 0.6) is 0 Å². The molecule has 0 saturated heterocycles. The molecular weight excluding hydrogens is 192 g/mol. The number of nitrogens with zero attached hydrogens (tertiary/aromatic N) is 2. The van der Waals surface area contributed by atoms with Crippen molar-refractivity contribution in [3.63, 3.8) is 0 Å². The van der Waals surface area contributed by atoms with Crippen molar-refractivity contribution < 1.29 is 4.74 Å². The molecule has 0 radical (unpaired) electrons. The summed E-state index contributed by atoms with van der Waals surface area (Å²) in [7, 11) is 1.68. The molecule has 3 N–H and O–H groups in total. The van der Waals surface area contributed by atoms with Crippen LogP contribution in [0, 0.1) is 6.92 Å². The van der Waals surface area contributed by atoms with Crippen molar-refractivity contribution in [3.05, 3.63) is 18.1 Å². The summed E-state index contributed by atoms with van der Waals surface area (Å²) in [6.07, 6.45) is 2.40. The van der Waals surface area contributed by atoms with E-state index in [0.717, 1.165) is 17.9 Å². The van der Waals surface area contributed by atoms with E-state index in [0.29, 0.717) is 13.2 Å². The first-order valence-corrected chi connectivity index (χ1v) is 5.00. The lowest BCUT2D eigenvalue weighted by Gasteiger charge is -2.17. The Balaban J connectivity index is 2.56. The molecule has 1 aromatic heterocycles. The summed E-state index contributed by atoms with van der Waals surface area (Å²) in [5, 5.41) is 3.27. The highest BCUT2D eigenvalue weighted by molar-refractivity contribution is 5.35. The van der Waals surface area contributed by atoms with Gasteiger partial charge in [0.2, 0.25) is 0 Å². The maximum atomic E-state index is 5.51. The van der Waals surface area contributed by atoms with Gasteiger partial charge in [-0.25, -0.2) is 9.97 Å². The minimum atomic E-state index is 0.203. The molecule has 15 heavy (non-hydrogen) atoms. The lowest BCUT2D eigenvalue weighted by Crippen LogP contribution is -2.28. The Morgan fingerprint density at radius 3 is 2.93 bits per heavy atom. The molecule has 1 atom stereocenters. The molecule has 0 fully saturated rings. The quantitative estimate of drug-likeness (QED) is 0.717. The molecule has 1 unspecified atom stereocenters. The number of anilines is 1. The SMILES string of the molecule is COCC(CCN)Nc1cc(C)ncn1. The van der Waals surface area contributed by atoms with Crippen molar-refractivity contribution >= 4 is 5.82 Å². The van der Waals surface area contributed by atoms with E-state index >= 15 is 0 Å². The van der Waals surface area contributed by atoms with Gasteiger partial charge in [-0.05, 0) is 19.9 Å². The number of aromatic nitrogens is 2. The standard InChI is InChI=1S/C10H18N4O/c1-8-5-10(13-7-12-8)14-9(3-4-11)6-15-2/h5,7,9H,3-4,6,11H2,1-2H3,(H,12,13,14). The maximum absolute atomic E-state index is 5.51. The molecule has 1 aromatic rings. The molecule has 0 aliphatic heterocycles. The number of ether oxygens (including phenoxy) is 1. The van der Waals surface area contributed by atoms with Gasteiger partial charge in [0.1, 0.15) is 12.1 Å². The van der Waals surface area contributed by atoms with Gasteiger partial charge in [-0.1, -0.05) is 0 Å². The first-order valence-electron chi connectivity index (χ1n) is 5.00. The Morgan fingerprint density at radius 1 is 1.53 bits per heavy atom. The third kappa shape index (κ3) is 4.22. The van der Waals surface area contributed by atoms with Gasteiger partial charge in [0.25, 0.3) is 0 Å². The first-order chi connectivity index (χ1) is 7.26. The number of nitrogens with two attached hydrogens (primary N) is 1. The van der Waals surface area contributed by atoms with Crippen LogP contribution >= 0.6 is 0 Å². The minimum Gasteiger partial charge on any atom is -0.383 e. The van der Waals surface area contributed by atoms with E-state index in [1.165, 1.54) is 0 Å². The average molecular weight is 210 g/mol. The highest BCUT2D eigenvalue weighted by Gasteiger charge is 2.07. The largest absolute Gasteiger partial charge is 0.383 e. The molecule has 1 heterocycles. The zero-order valence-corrected chi connectivity index (χ0v) is 9.23. The number of hydrogen-bond acceptors (Lipinski definition) is 5. The van der Waals surface area contributed by atoms with Gasteiger partial charge in [-0.3, -0.25) is 0 Å². The Morgan fingerprint density at radius 2 is 2.33 bits per heavy atom. The molecule has 0 aliphatic carbocycles. The van der Waals surface area contributed by atoms with Crippen molar-refractivity contribution in [2.45, 2.75) is 19.4 Å². The zero-order chi connectivity index (χ0) is 11.1. The number of hydrogen-bond donors (Lipinski definition) is 2. The van der Waals surface area contributed by atoms with E-state index < -0.39 is 0 Å². The summed E-state index contributed by atoms with van der Waals surface area (Å²) in [5.74, 6) is 0.818. The Bertz CT molecular complexity index is 287. The molecule has 0 saturated carbocycles. The average Bonchev–Trinajstić information content (AvgIpc) is 2.18. The first kappa shape index (κ1) is 11.9. The van der Waals surface area contributed by atoms with Crippen molar-refractivity contribution in [2.75, 3.05) is 25.6 Å². The Kier molecular flexibility index (Phi) is 5.00. The highest BCUT2D eigenvalue weighted by atomic mass is 16.5. The summed E-state index contributed by atoms with van der Waals surface area (Å²) < 4.78 is 5.10. The molecule has 0 aromatic carbocycles. The molecule has 1 rings (SSSR count). The Labute approximate surface area is 90.1 Å². The zero-order valence-electron chi connectivity index (χ0n) is 9.23.